The van der Waals surface area contributed by atoms with Gasteiger partial charge in [-0.3, -0.25) is 9.36 Å². The number of carbonyl (C=O) groups excluding carboxylic acids is 1. The number of hydrogen-bond acceptors (Lipinski definition) is 9. The van der Waals surface area contributed by atoms with Gasteiger partial charge in [-0.15, -0.1) is 16.8 Å². The van der Waals surface area contributed by atoms with Crippen molar-refractivity contribution in [3.8, 4) is 40.1 Å². The van der Waals surface area contributed by atoms with E-state index in [4.69, 9.17) is 14.2 Å². The Hall–Kier alpha value is -4.77. The molecule has 0 aliphatic carbocycles. The van der Waals surface area contributed by atoms with Crippen LogP contribution in [0.2, 0.25) is 0 Å². The molecule has 0 fully saturated rings. The van der Waals surface area contributed by atoms with Crippen LogP contribution in [0.4, 0.5) is 0 Å². The Morgan fingerprint density at radius 2 is 1.77 bits per heavy atom. The third-order valence-corrected chi connectivity index (χ3v) is 6.74. The van der Waals surface area contributed by atoms with Crippen molar-refractivity contribution in [3.63, 3.8) is 0 Å². The Bertz CT molecular complexity index is 1500. The Kier molecular flexibility index (Phi) is 9.42. The summed E-state index contributed by atoms with van der Waals surface area (Å²) in [5, 5.41) is 23.7. The fourth-order valence-corrected chi connectivity index (χ4v) is 4.69. The van der Waals surface area contributed by atoms with Gasteiger partial charge in [0.1, 0.15) is 5.75 Å². The predicted molar refractivity (Wildman–Crippen MR) is 155 cm³/mol. The topological polar surface area (TPSA) is 120 Å². The van der Waals surface area contributed by atoms with Crippen LogP contribution in [-0.4, -0.2) is 59.1 Å². The standard InChI is InChI=1S/C29H29N5O5S/c1-5-10-19-11-9-12-20(26(19)36)17-30-31-25(35)18-40-29-33-32-28(34(29)22-13-7-6-8-14-22)21-15-23(37-2)27(39-4)24(16-21)38-3/h5-9,11-17,36H,1,10,18H2,2-4H3,(H,31,35). The van der Waals surface area contributed by atoms with Crippen LogP contribution < -0.4 is 19.6 Å². The molecular formula is C29H29N5O5S. The van der Waals surface area contributed by atoms with E-state index in [-0.39, 0.29) is 17.4 Å². The van der Waals surface area contributed by atoms with E-state index in [2.05, 4.69) is 27.3 Å². The second kappa shape index (κ2) is 13.3. The molecule has 0 atom stereocenters. The molecule has 4 rings (SSSR count). The Labute approximate surface area is 236 Å². The predicted octanol–water partition coefficient (Wildman–Crippen LogP) is 4.64. The summed E-state index contributed by atoms with van der Waals surface area (Å²) in [4.78, 5) is 12.6. The van der Waals surface area contributed by atoms with Crippen LogP contribution in [0.15, 0.2) is 83.6 Å². The van der Waals surface area contributed by atoms with Crippen molar-refractivity contribution in [3.05, 3.63) is 84.4 Å². The van der Waals surface area contributed by atoms with Crippen LogP contribution >= 0.6 is 11.8 Å². The number of aromatic hydroxyl groups is 1. The van der Waals surface area contributed by atoms with Crippen LogP contribution in [0.1, 0.15) is 11.1 Å². The summed E-state index contributed by atoms with van der Waals surface area (Å²) in [5.41, 5.74) is 5.21. The second-order valence-electron chi connectivity index (χ2n) is 8.32. The van der Waals surface area contributed by atoms with Crippen LogP contribution in [0.3, 0.4) is 0 Å². The minimum Gasteiger partial charge on any atom is -0.507 e. The van der Waals surface area contributed by atoms with E-state index in [9.17, 15) is 9.90 Å². The molecule has 1 aromatic heterocycles. The highest BCUT2D eigenvalue weighted by Gasteiger charge is 2.21. The van der Waals surface area contributed by atoms with Crippen molar-refractivity contribution < 1.29 is 24.1 Å². The molecule has 1 amide bonds. The molecule has 3 aromatic carbocycles. The first kappa shape index (κ1) is 28.2. The van der Waals surface area contributed by atoms with Gasteiger partial charge < -0.3 is 19.3 Å². The molecule has 40 heavy (non-hydrogen) atoms. The number of hydrazone groups is 1. The summed E-state index contributed by atoms with van der Waals surface area (Å²) in [6, 6.07) is 18.5. The molecular weight excluding hydrogens is 530 g/mol. The summed E-state index contributed by atoms with van der Waals surface area (Å²) in [6.07, 6.45) is 3.63. The number of rotatable bonds is 12. The Morgan fingerprint density at radius 1 is 1.05 bits per heavy atom. The first-order chi connectivity index (χ1) is 19.5. The van der Waals surface area contributed by atoms with Crippen molar-refractivity contribution in [2.24, 2.45) is 5.10 Å². The summed E-state index contributed by atoms with van der Waals surface area (Å²) in [6.45, 7) is 3.69. The number of aromatic nitrogens is 3. The number of allylic oxidation sites excluding steroid dienone is 1. The van der Waals surface area contributed by atoms with Crippen molar-refractivity contribution >= 4 is 23.9 Å². The van der Waals surface area contributed by atoms with Gasteiger partial charge in [0.2, 0.25) is 5.75 Å². The maximum absolute atomic E-state index is 12.6. The smallest absolute Gasteiger partial charge is 0.250 e. The molecule has 0 bridgehead atoms. The molecule has 206 valence electrons. The summed E-state index contributed by atoms with van der Waals surface area (Å²) < 4.78 is 18.3. The zero-order valence-electron chi connectivity index (χ0n) is 22.3. The lowest BCUT2D eigenvalue weighted by Gasteiger charge is -2.15. The van der Waals surface area contributed by atoms with E-state index in [0.717, 1.165) is 11.3 Å². The fraction of sp³-hybridized carbons (Fsp3) is 0.172. The molecule has 0 unspecified atom stereocenters. The number of ether oxygens (including phenoxy) is 3. The number of hydrogen-bond donors (Lipinski definition) is 2. The summed E-state index contributed by atoms with van der Waals surface area (Å²) in [5.74, 6) is 1.73. The summed E-state index contributed by atoms with van der Waals surface area (Å²) in [7, 11) is 4.63. The molecule has 0 saturated heterocycles. The number of para-hydroxylation sites is 2. The number of nitrogens with one attached hydrogen (secondary N) is 1. The van der Waals surface area contributed by atoms with E-state index >= 15 is 0 Å². The molecule has 2 N–H and O–H groups in total. The molecule has 4 aromatic rings. The highest BCUT2D eigenvalue weighted by molar-refractivity contribution is 7.99. The highest BCUT2D eigenvalue weighted by atomic mass is 32.2. The zero-order chi connectivity index (χ0) is 28.5. The van der Waals surface area contributed by atoms with E-state index in [1.807, 2.05) is 34.9 Å². The lowest BCUT2D eigenvalue weighted by molar-refractivity contribution is -0.118. The van der Waals surface area contributed by atoms with Gasteiger partial charge >= 0.3 is 0 Å². The van der Waals surface area contributed by atoms with Crippen LogP contribution in [0, 0.1) is 0 Å². The van der Waals surface area contributed by atoms with Crippen LogP contribution in [0.5, 0.6) is 23.0 Å². The van der Waals surface area contributed by atoms with Crippen molar-refractivity contribution in [2.45, 2.75) is 11.6 Å². The number of phenolic OH excluding ortho intramolecular Hbond substituents is 1. The lowest BCUT2D eigenvalue weighted by Crippen LogP contribution is -2.20. The first-order valence-corrected chi connectivity index (χ1v) is 13.2. The number of thioether (sulfide) groups is 1. The normalized spacial score (nSPS) is 10.9. The monoisotopic (exact) mass is 559 g/mol. The zero-order valence-corrected chi connectivity index (χ0v) is 23.1. The van der Waals surface area contributed by atoms with Gasteiger partial charge in [-0.1, -0.05) is 48.2 Å². The van der Waals surface area contributed by atoms with Gasteiger partial charge in [0, 0.05) is 16.8 Å². The van der Waals surface area contributed by atoms with Gasteiger partial charge in [-0.05, 0) is 42.3 Å². The first-order valence-electron chi connectivity index (χ1n) is 12.2. The van der Waals surface area contributed by atoms with Crippen LogP contribution in [-0.2, 0) is 11.2 Å². The quantitative estimate of drug-likeness (QED) is 0.112. The number of nitrogens with zero attached hydrogens (tertiary/aromatic N) is 4. The fourth-order valence-electron chi connectivity index (χ4n) is 3.94. The van der Waals surface area contributed by atoms with Gasteiger partial charge in [-0.25, -0.2) is 5.43 Å². The van der Waals surface area contributed by atoms with E-state index < -0.39 is 0 Å². The van der Waals surface area contributed by atoms with E-state index in [1.165, 1.54) is 18.0 Å². The minimum absolute atomic E-state index is 0.0278. The molecule has 0 spiro atoms. The SMILES string of the molecule is C=CCc1cccc(C=NNC(=O)CSc2nnc(-c3cc(OC)c(OC)c(OC)c3)n2-c2ccccc2)c1O. The van der Waals surface area contributed by atoms with Crippen molar-refractivity contribution in [2.75, 3.05) is 27.1 Å². The van der Waals surface area contributed by atoms with Gasteiger partial charge in [0.25, 0.3) is 5.91 Å². The average molecular weight is 560 g/mol. The number of carbonyl (C=O) groups is 1. The van der Waals surface area contributed by atoms with Gasteiger partial charge in [-0.2, -0.15) is 5.10 Å². The third-order valence-electron chi connectivity index (χ3n) is 5.81. The van der Waals surface area contributed by atoms with E-state index in [1.54, 1.807) is 57.7 Å². The second-order valence-corrected chi connectivity index (χ2v) is 9.26. The van der Waals surface area contributed by atoms with Crippen molar-refractivity contribution in [1.82, 2.24) is 20.2 Å². The molecule has 0 aliphatic rings. The maximum Gasteiger partial charge on any atom is 0.250 e. The molecule has 0 saturated carbocycles. The lowest BCUT2D eigenvalue weighted by atomic mass is 10.1. The summed E-state index contributed by atoms with van der Waals surface area (Å²) >= 11 is 1.21. The average Bonchev–Trinajstić information content (AvgIpc) is 3.41. The number of phenols is 1. The van der Waals surface area contributed by atoms with Gasteiger partial charge in [0.05, 0.1) is 33.3 Å². The Balaban J connectivity index is 1.56. The highest BCUT2D eigenvalue weighted by Crippen LogP contribution is 2.41. The third kappa shape index (κ3) is 6.26. The number of methoxy groups -OCH3 is 3. The number of benzene rings is 3. The molecule has 11 heteroatoms. The van der Waals surface area contributed by atoms with E-state index in [0.29, 0.717) is 45.8 Å². The molecule has 1 heterocycles. The van der Waals surface area contributed by atoms with Gasteiger partial charge in [0.15, 0.2) is 22.5 Å². The number of amides is 1. The maximum atomic E-state index is 12.6. The minimum atomic E-state index is -0.347. The molecule has 0 radical (unpaired) electrons. The molecule has 0 aliphatic heterocycles. The largest absolute Gasteiger partial charge is 0.507 e. The van der Waals surface area contributed by atoms with Crippen LogP contribution in [0.25, 0.3) is 17.1 Å². The van der Waals surface area contributed by atoms with Crippen molar-refractivity contribution in [1.29, 1.82) is 0 Å². The molecule has 10 nitrogen and oxygen atoms in total. The Morgan fingerprint density at radius 3 is 2.42 bits per heavy atom.